The maximum Gasteiger partial charge on any atom is 0.557 e. The van der Waals surface area contributed by atoms with E-state index in [0.717, 1.165) is 33.4 Å². The highest BCUT2D eigenvalue weighted by Crippen LogP contribution is 2.56. The van der Waals surface area contributed by atoms with Gasteiger partial charge < -0.3 is 12.6 Å². The summed E-state index contributed by atoms with van der Waals surface area (Å²) in [6.45, 7) is 16.9. The highest BCUT2D eigenvalue weighted by Gasteiger charge is 2.37. The second-order valence-electron chi connectivity index (χ2n) is 10.0. The molecular formula is C23H30AlO4P. The molecule has 0 N–H and O–H groups in total. The van der Waals surface area contributed by atoms with Crippen LogP contribution in [0, 0.1) is 13.8 Å². The summed E-state index contributed by atoms with van der Waals surface area (Å²) in [5.74, 6) is 1.19. The predicted octanol–water partition coefficient (Wildman–Crippen LogP) is 6.47. The third kappa shape index (κ3) is 4.59. The minimum absolute atomic E-state index is 0.187. The van der Waals surface area contributed by atoms with Gasteiger partial charge >= 0.3 is 24.4 Å². The van der Waals surface area contributed by atoms with Gasteiger partial charge in [0, 0.05) is 17.5 Å². The zero-order valence-corrected chi connectivity index (χ0v) is 20.7. The number of hydrogen-bond donors (Lipinski definition) is 0. The van der Waals surface area contributed by atoms with Gasteiger partial charge in [0.2, 0.25) is 0 Å². The molecule has 2 aromatic carbocycles. The van der Waals surface area contributed by atoms with Crippen molar-refractivity contribution in [2.45, 2.75) is 72.6 Å². The fourth-order valence-corrected chi connectivity index (χ4v) is 5.04. The first-order valence-corrected chi connectivity index (χ1v) is 11.8. The summed E-state index contributed by atoms with van der Waals surface area (Å²) in [5.41, 5.74) is 5.88. The summed E-state index contributed by atoms with van der Waals surface area (Å²) in [4.78, 5) is 0. The Labute approximate surface area is 183 Å². The largest absolute Gasteiger partial charge is 0.557 e. The topological polar surface area (TPSA) is 44.8 Å². The van der Waals surface area contributed by atoms with E-state index in [-0.39, 0.29) is 10.8 Å². The van der Waals surface area contributed by atoms with E-state index in [1.165, 1.54) is 0 Å². The molecule has 0 amide bonds. The fourth-order valence-electron chi connectivity index (χ4n) is 3.78. The van der Waals surface area contributed by atoms with E-state index < -0.39 is 7.82 Å². The monoisotopic (exact) mass is 428 g/mol. The van der Waals surface area contributed by atoms with Gasteiger partial charge in [-0.2, -0.15) is 0 Å². The van der Waals surface area contributed by atoms with Gasteiger partial charge in [0.15, 0.2) is 0 Å². The van der Waals surface area contributed by atoms with Crippen molar-refractivity contribution in [2.24, 2.45) is 0 Å². The van der Waals surface area contributed by atoms with Crippen LogP contribution in [0.25, 0.3) is 0 Å². The minimum atomic E-state index is -3.89. The van der Waals surface area contributed by atoms with Crippen molar-refractivity contribution < 1.29 is 17.2 Å². The van der Waals surface area contributed by atoms with E-state index in [9.17, 15) is 4.57 Å². The Morgan fingerprint density at radius 2 is 1.21 bits per heavy atom. The van der Waals surface area contributed by atoms with E-state index in [1.807, 2.05) is 0 Å². The van der Waals surface area contributed by atoms with Crippen LogP contribution in [-0.2, 0) is 25.4 Å². The summed E-state index contributed by atoms with van der Waals surface area (Å²) < 4.78 is 30.9. The molecular weight excluding hydrogens is 398 g/mol. The van der Waals surface area contributed by atoms with Gasteiger partial charge in [0.25, 0.3) is 0 Å². The van der Waals surface area contributed by atoms with Gasteiger partial charge in [-0.05, 0) is 35.8 Å². The number of hydrogen-bond acceptors (Lipinski definition) is 4. The molecule has 0 bridgehead atoms. The SMILES string of the molecule is Cc1cc2c(c(C(C)(C)C)c1)OP(=O)([O][Al])Oc1c(cc(C)cc1C(C)(C)C)C2. The molecule has 1 aliphatic heterocycles. The molecule has 0 fully saturated rings. The number of phosphoric ester groups is 1. The lowest BCUT2D eigenvalue weighted by Gasteiger charge is -2.32. The number of rotatable bonds is 1. The Kier molecular flexibility index (Phi) is 5.78. The van der Waals surface area contributed by atoms with Crippen LogP contribution >= 0.6 is 7.82 Å². The van der Waals surface area contributed by atoms with Crippen LogP contribution in [0.15, 0.2) is 24.3 Å². The first kappa shape index (κ1) is 22.4. The molecule has 0 unspecified atom stereocenters. The second-order valence-corrected chi connectivity index (χ2v) is 12.1. The van der Waals surface area contributed by atoms with Gasteiger partial charge in [-0.15, -0.1) is 0 Å². The van der Waals surface area contributed by atoms with Crippen molar-refractivity contribution in [3.8, 4) is 11.5 Å². The van der Waals surface area contributed by atoms with Gasteiger partial charge in [-0.25, -0.2) is 4.57 Å². The molecule has 0 saturated carbocycles. The molecule has 0 spiro atoms. The normalized spacial score (nSPS) is 16.0. The van der Waals surface area contributed by atoms with E-state index in [0.29, 0.717) is 17.9 Å². The van der Waals surface area contributed by atoms with Crippen molar-refractivity contribution in [3.63, 3.8) is 0 Å². The van der Waals surface area contributed by atoms with Crippen LogP contribution in [-0.4, -0.2) is 16.6 Å². The highest BCUT2D eigenvalue weighted by molar-refractivity contribution is 7.50. The highest BCUT2D eigenvalue weighted by atomic mass is 31.2. The molecule has 154 valence electrons. The van der Waals surface area contributed by atoms with E-state index >= 15 is 0 Å². The maximum absolute atomic E-state index is 13.5. The summed E-state index contributed by atoms with van der Waals surface area (Å²) in [5, 5.41) is 0. The molecule has 1 aliphatic rings. The van der Waals surface area contributed by atoms with Crippen LogP contribution in [0.5, 0.6) is 11.5 Å². The third-order valence-electron chi connectivity index (χ3n) is 5.15. The molecule has 2 aromatic rings. The molecule has 0 atom stereocenters. The molecule has 3 rings (SSSR count). The summed E-state index contributed by atoms with van der Waals surface area (Å²) >= 11 is 2.05. The summed E-state index contributed by atoms with van der Waals surface area (Å²) in [6, 6.07) is 8.38. The standard InChI is InChI=1S/C23H31O4P.Al/c1-14-9-16-13-17-10-15(2)12-19(23(6,7)8)21(17)27-28(24,25)26-20(16)18(11-14)22(3,4)5;/h9-12H,13H2,1-8H3,(H,24,25);/q;+1/p-1. The maximum atomic E-state index is 13.5. The van der Waals surface area contributed by atoms with Crippen LogP contribution in [0.3, 0.4) is 0 Å². The van der Waals surface area contributed by atoms with Crippen LogP contribution in [0.2, 0.25) is 0 Å². The molecule has 2 radical (unpaired) electrons. The molecule has 4 nitrogen and oxygen atoms in total. The zero-order valence-electron chi connectivity index (χ0n) is 18.7. The number of fused-ring (bicyclic) bond motifs is 2. The van der Waals surface area contributed by atoms with E-state index in [2.05, 4.69) is 96.3 Å². The van der Waals surface area contributed by atoms with Gasteiger partial charge in [-0.1, -0.05) is 76.9 Å². The smallest absolute Gasteiger partial charge is 0.417 e. The van der Waals surface area contributed by atoms with Gasteiger partial charge in [0.1, 0.15) is 11.5 Å². The molecule has 1 heterocycles. The Balaban J connectivity index is 2.36. The minimum Gasteiger partial charge on any atom is -0.417 e. The molecule has 0 saturated heterocycles. The lowest BCUT2D eigenvalue weighted by atomic mass is 9.81. The quantitative estimate of drug-likeness (QED) is 0.386. The van der Waals surface area contributed by atoms with Gasteiger partial charge in [0.05, 0.1) is 0 Å². The van der Waals surface area contributed by atoms with Crippen molar-refractivity contribution in [2.75, 3.05) is 0 Å². The van der Waals surface area contributed by atoms with Crippen molar-refractivity contribution >= 4 is 24.4 Å². The van der Waals surface area contributed by atoms with Crippen molar-refractivity contribution in [1.29, 1.82) is 0 Å². The average Bonchev–Trinajstić information content (AvgIpc) is 2.56. The van der Waals surface area contributed by atoms with E-state index in [4.69, 9.17) is 12.6 Å². The summed E-state index contributed by atoms with van der Waals surface area (Å²) in [6.07, 6.45) is 0.636. The lowest BCUT2D eigenvalue weighted by Crippen LogP contribution is -2.20. The summed E-state index contributed by atoms with van der Waals surface area (Å²) in [7, 11) is -3.89. The number of phosphoric acid groups is 1. The molecule has 6 heteroatoms. The first-order chi connectivity index (χ1) is 13.2. The van der Waals surface area contributed by atoms with E-state index in [1.54, 1.807) is 0 Å². The number of benzene rings is 2. The lowest BCUT2D eigenvalue weighted by molar-refractivity contribution is 0.297. The zero-order chi connectivity index (χ0) is 21.8. The average molecular weight is 428 g/mol. The molecule has 29 heavy (non-hydrogen) atoms. The number of aryl methyl sites for hydroxylation is 2. The van der Waals surface area contributed by atoms with Crippen molar-refractivity contribution in [1.82, 2.24) is 0 Å². The Morgan fingerprint density at radius 3 is 1.52 bits per heavy atom. The fraction of sp³-hybridized carbons (Fsp3) is 0.478. The third-order valence-corrected chi connectivity index (χ3v) is 7.00. The van der Waals surface area contributed by atoms with Gasteiger partial charge in [-0.3, -0.25) is 0 Å². The second kappa shape index (κ2) is 7.47. The Bertz CT molecular complexity index is 924. The van der Waals surface area contributed by atoms with Crippen LogP contribution in [0.4, 0.5) is 0 Å². The molecule has 0 aliphatic carbocycles. The predicted molar refractivity (Wildman–Crippen MR) is 118 cm³/mol. The Hall–Kier alpha value is -1.24. The molecule has 0 aromatic heterocycles. The van der Waals surface area contributed by atoms with Crippen LogP contribution < -0.4 is 9.05 Å². The first-order valence-electron chi connectivity index (χ1n) is 9.89. The van der Waals surface area contributed by atoms with Crippen LogP contribution in [0.1, 0.15) is 74.9 Å². The Morgan fingerprint density at radius 1 is 0.828 bits per heavy atom. The van der Waals surface area contributed by atoms with Crippen molar-refractivity contribution in [3.05, 3.63) is 57.6 Å².